The number of rotatable bonds is 5. The van der Waals surface area contributed by atoms with E-state index in [4.69, 9.17) is 0 Å². The molecule has 5 nitrogen and oxygen atoms in total. The smallest absolute Gasteiger partial charge is 0.257 e. The third-order valence-electron chi connectivity index (χ3n) is 5.13. The fourth-order valence-corrected chi connectivity index (χ4v) is 3.99. The van der Waals surface area contributed by atoms with Gasteiger partial charge in [-0.05, 0) is 53.9 Å². The molecule has 0 atom stereocenters. The van der Waals surface area contributed by atoms with E-state index in [0.717, 1.165) is 29.5 Å². The first-order valence-corrected chi connectivity index (χ1v) is 10.7. The lowest BCUT2D eigenvalue weighted by atomic mass is 10.1. The van der Waals surface area contributed by atoms with Gasteiger partial charge in [0, 0.05) is 28.1 Å². The van der Waals surface area contributed by atoms with Crippen molar-refractivity contribution >= 4 is 44.7 Å². The minimum absolute atomic E-state index is 0.0520. The Labute approximate surface area is 177 Å². The summed E-state index contributed by atoms with van der Waals surface area (Å²) in [5.41, 5.74) is 3.07. The summed E-state index contributed by atoms with van der Waals surface area (Å²) in [4.78, 5) is 28.9. The summed E-state index contributed by atoms with van der Waals surface area (Å²) in [7, 11) is 0. The van der Waals surface area contributed by atoms with E-state index in [9.17, 15) is 9.59 Å². The maximum Gasteiger partial charge on any atom is 0.257 e. The maximum absolute atomic E-state index is 12.6. The summed E-state index contributed by atoms with van der Waals surface area (Å²) in [6, 6.07) is 21.3. The van der Waals surface area contributed by atoms with Gasteiger partial charge in [0.05, 0.1) is 5.69 Å². The van der Waals surface area contributed by atoms with Crippen LogP contribution in [0.5, 0.6) is 0 Å². The fraction of sp³-hybridized carbons (Fsp3) is 0.125. The van der Waals surface area contributed by atoms with Crippen LogP contribution < -0.4 is 10.6 Å². The van der Waals surface area contributed by atoms with Crippen LogP contribution in [-0.2, 0) is 4.79 Å². The van der Waals surface area contributed by atoms with Crippen LogP contribution in [0.4, 0.5) is 10.8 Å². The number of amides is 2. The number of nitrogens with zero attached hydrogens (tertiary/aromatic N) is 1. The molecular formula is C24H19N3O2S. The highest BCUT2D eigenvalue weighted by atomic mass is 32.1. The number of nitrogens with one attached hydrogen (secondary N) is 2. The molecular weight excluding hydrogens is 394 g/mol. The number of anilines is 2. The Morgan fingerprint density at radius 2 is 1.67 bits per heavy atom. The molecule has 0 radical (unpaired) electrons. The number of hydrogen-bond donors (Lipinski definition) is 2. The lowest BCUT2D eigenvalue weighted by Crippen LogP contribution is -2.14. The average molecular weight is 414 g/mol. The molecule has 1 aliphatic carbocycles. The van der Waals surface area contributed by atoms with Crippen LogP contribution in [0.15, 0.2) is 72.1 Å². The Kier molecular flexibility index (Phi) is 4.77. The SMILES string of the molecule is O=C(Nc1nc(-c2ccc3ccccc3c2)cs1)c1ccc(NC(=O)C2CC2)cc1. The van der Waals surface area contributed by atoms with Gasteiger partial charge in [-0.2, -0.15) is 0 Å². The van der Waals surface area contributed by atoms with E-state index in [1.807, 2.05) is 23.6 Å². The topological polar surface area (TPSA) is 71.1 Å². The van der Waals surface area contributed by atoms with Crippen LogP contribution in [0.1, 0.15) is 23.2 Å². The standard InChI is InChI=1S/C24H19N3O2S/c28-22(16-6-7-16)25-20-11-9-17(10-12-20)23(29)27-24-26-21(14-30-24)19-8-5-15-3-1-2-4-18(15)13-19/h1-5,8-14,16H,6-7H2,(H,25,28)(H,26,27,29). The normalized spacial score (nSPS) is 13.2. The molecule has 30 heavy (non-hydrogen) atoms. The quantitative estimate of drug-likeness (QED) is 0.450. The predicted molar refractivity (Wildman–Crippen MR) is 121 cm³/mol. The Bertz CT molecular complexity index is 1240. The first kappa shape index (κ1) is 18.5. The van der Waals surface area contributed by atoms with Crippen molar-refractivity contribution in [2.24, 2.45) is 5.92 Å². The highest BCUT2D eigenvalue weighted by molar-refractivity contribution is 7.14. The van der Waals surface area contributed by atoms with Gasteiger partial charge in [-0.3, -0.25) is 14.9 Å². The first-order chi connectivity index (χ1) is 14.7. The van der Waals surface area contributed by atoms with Crippen LogP contribution in [0, 0.1) is 5.92 Å². The lowest BCUT2D eigenvalue weighted by Gasteiger charge is -2.06. The zero-order chi connectivity index (χ0) is 20.5. The van der Waals surface area contributed by atoms with Gasteiger partial charge in [0.1, 0.15) is 0 Å². The molecule has 1 fully saturated rings. The number of aromatic nitrogens is 1. The van der Waals surface area contributed by atoms with E-state index in [-0.39, 0.29) is 17.7 Å². The number of fused-ring (bicyclic) bond motifs is 1. The molecule has 0 bridgehead atoms. The van der Waals surface area contributed by atoms with Crippen LogP contribution in [0.25, 0.3) is 22.0 Å². The summed E-state index contributed by atoms with van der Waals surface area (Å²) in [5.74, 6) is -0.0274. The molecule has 2 amide bonds. The van der Waals surface area contributed by atoms with E-state index in [1.54, 1.807) is 24.3 Å². The molecule has 6 heteroatoms. The number of carbonyl (C=O) groups excluding carboxylic acids is 2. The van der Waals surface area contributed by atoms with Crippen LogP contribution >= 0.6 is 11.3 Å². The van der Waals surface area contributed by atoms with Crippen LogP contribution in [-0.4, -0.2) is 16.8 Å². The van der Waals surface area contributed by atoms with Crippen molar-refractivity contribution in [3.63, 3.8) is 0 Å². The Morgan fingerprint density at radius 1 is 0.900 bits per heavy atom. The van der Waals surface area contributed by atoms with Gasteiger partial charge in [0.2, 0.25) is 5.91 Å². The zero-order valence-electron chi connectivity index (χ0n) is 16.1. The number of thiazole rings is 1. The van der Waals surface area contributed by atoms with E-state index in [2.05, 4.69) is 39.9 Å². The number of carbonyl (C=O) groups is 2. The predicted octanol–water partition coefficient (Wildman–Crippen LogP) is 5.56. The monoisotopic (exact) mass is 413 g/mol. The number of hydrogen-bond acceptors (Lipinski definition) is 4. The Morgan fingerprint density at radius 3 is 2.43 bits per heavy atom. The lowest BCUT2D eigenvalue weighted by molar-refractivity contribution is -0.117. The molecule has 3 aromatic carbocycles. The third-order valence-corrected chi connectivity index (χ3v) is 5.89. The molecule has 1 aliphatic rings. The van der Waals surface area contributed by atoms with Crippen molar-refractivity contribution in [1.29, 1.82) is 0 Å². The molecule has 1 heterocycles. The third kappa shape index (κ3) is 3.95. The highest BCUT2D eigenvalue weighted by Crippen LogP contribution is 2.30. The summed E-state index contributed by atoms with van der Waals surface area (Å²) in [6.45, 7) is 0. The molecule has 0 spiro atoms. The maximum atomic E-state index is 12.6. The molecule has 0 saturated heterocycles. The first-order valence-electron chi connectivity index (χ1n) is 9.83. The van der Waals surface area contributed by atoms with Crippen molar-refractivity contribution in [2.75, 3.05) is 10.6 Å². The van der Waals surface area contributed by atoms with Crippen LogP contribution in [0.3, 0.4) is 0 Å². The molecule has 5 rings (SSSR count). The zero-order valence-corrected chi connectivity index (χ0v) is 16.9. The van der Waals surface area contributed by atoms with Crippen molar-refractivity contribution < 1.29 is 9.59 Å². The second-order valence-corrected chi connectivity index (χ2v) is 8.25. The summed E-state index contributed by atoms with van der Waals surface area (Å²) >= 11 is 1.39. The number of benzene rings is 3. The molecule has 148 valence electrons. The van der Waals surface area contributed by atoms with Gasteiger partial charge < -0.3 is 5.32 Å². The minimum atomic E-state index is -0.227. The van der Waals surface area contributed by atoms with Crippen LogP contribution in [0.2, 0.25) is 0 Å². The minimum Gasteiger partial charge on any atom is -0.326 e. The molecule has 2 N–H and O–H groups in total. The largest absolute Gasteiger partial charge is 0.326 e. The summed E-state index contributed by atoms with van der Waals surface area (Å²) < 4.78 is 0. The highest BCUT2D eigenvalue weighted by Gasteiger charge is 2.29. The molecule has 4 aromatic rings. The van der Waals surface area contributed by atoms with Gasteiger partial charge in [0.25, 0.3) is 5.91 Å². The van der Waals surface area contributed by atoms with Gasteiger partial charge in [-0.15, -0.1) is 11.3 Å². The van der Waals surface area contributed by atoms with Gasteiger partial charge in [-0.25, -0.2) is 4.98 Å². The summed E-state index contributed by atoms with van der Waals surface area (Å²) in [5, 5.41) is 10.6. The van der Waals surface area contributed by atoms with E-state index in [0.29, 0.717) is 16.4 Å². The van der Waals surface area contributed by atoms with Crippen molar-refractivity contribution in [3.8, 4) is 11.3 Å². The molecule has 1 saturated carbocycles. The second kappa shape index (κ2) is 7.72. The van der Waals surface area contributed by atoms with Crippen molar-refractivity contribution in [1.82, 2.24) is 4.98 Å². The molecule has 0 unspecified atom stereocenters. The van der Waals surface area contributed by atoms with Gasteiger partial charge in [0.15, 0.2) is 5.13 Å². The van der Waals surface area contributed by atoms with Gasteiger partial charge >= 0.3 is 0 Å². The Hall–Kier alpha value is -3.51. The van der Waals surface area contributed by atoms with E-state index < -0.39 is 0 Å². The average Bonchev–Trinajstić information content (AvgIpc) is 3.53. The van der Waals surface area contributed by atoms with Crippen molar-refractivity contribution in [3.05, 3.63) is 77.7 Å². The Balaban J connectivity index is 1.27. The molecule has 1 aromatic heterocycles. The summed E-state index contributed by atoms with van der Waals surface area (Å²) in [6.07, 6.45) is 1.92. The van der Waals surface area contributed by atoms with Gasteiger partial charge in [-0.1, -0.05) is 36.4 Å². The fourth-order valence-electron chi connectivity index (χ4n) is 3.28. The van der Waals surface area contributed by atoms with Crippen molar-refractivity contribution in [2.45, 2.75) is 12.8 Å². The van der Waals surface area contributed by atoms with E-state index in [1.165, 1.54) is 16.7 Å². The van der Waals surface area contributed by atoms with E-state index >= 15 is 0 Å². The molecule has 0 aliphatic heterocycles. The second-order valence-electron chi connectivity index (χ2n) is 7.39.